The second-order valence-electron chi connectivity index (χ2n) is 6.00. The van der Waals surface area contributed by atoms with Gasteiger partial charge in [-0.25, -0.2) is 18.7 Å². The maximum Gasteiger partial charge on any atom is 0.272 e. The topological polar surface area (TPSA) is 61.4 Å². The molecule has 1 N–H and O–H groups in total. The number of likely N-dealkylation sites (N-methyl/N-ethyl adjacent to an activating group) is 1. The highest BCUT2D eigenvalue weighted by molar-refractivity contribution is 5.93. The number of amides is 1. The Balaban J connectivity index is 1.84. The Bertz CT molecular complexity index is 770. The van der Waals surface area contributed by atoms with Crippen molar-refractivity contribution in [3.05, 3.63) is 47.4 Å². The van der Waals surface area contributed by atoms with Crippen molar-refractivity contribution in [3.63, 3.8) is 0 Å². The van der Waals surface area contributed by atoms with Gasteiger partial charge in [-0.3, -0.25) is 4.79 Å². The van der Waals surface area contributed by atoms with E-state index in [-0.39, 0.29) is 23.1 Å². The first kappa shape index (κ1) is 17.2. The number of nitrogens with zero attached hydrogens (tertiary/aromatic N) is 4. The Labute approximate surface area is 144 Å². The van der Waals surface area contributed by atoms with Crippen LogP contribution in [0.15, 0.2) is 24.3 Å². The normalized spacial score (nSPS) is 15.3. The minimum absolute atomic E-state index is 0.175. The molecule has 2 heterocycles. The van der Waals surface area contributed by atoms with E-state index in [9.17, 15) is 13.6 Å². The van der Waals surface area contributed by atoms with E-state index in [2.05, 4.69) is 20.2 Å². The number of carbonyl (C=O) groups excluding carboxylic acids is 1. The number of aromatic nitrogens is 2. The highest BCUT2D eigenvalue weighted by Gasteiger charge is 2.22. The number of hydrogen-bond donors (Lipinski definition) is 1. The lowest BCUT2D eigenvalue weighted by molar-refractivity contribution is 0.0658. The standard InChI is InChI=1S/C17H19F2N5O/c1-11-20-14(17(25)24-8-6-23(2)7-9-24)10-15(21-11)22-16-12(18)4-3-5-13(16)19/h3-5,10H,6-9H2,1-2H3,(H,20,21,22). The molecule has 1 aromatic carbocycles. The summed E-state index contributed by atoms with van der Waals surface area (Å²) in [7, 11) is 2.00. The number of hydrogen-bond acceptors (Lipinski definition) is 5. The van der Waals surface area contributed by atoms with Crippen LogP contribution in [0.1, 0.15) is 16.3 Å². The molecule has 1 aromatic heterocycles. The van der Waals surface area contributed by atoms with Gasteiger partial charge in [-0.05, 0) is 26.1 Å². The van der Waals surface area contributed by atoms with Gasteiger partial charge in [-0.2, -0.15) is 0 Å². The monoisotopic (exact) mass is 347 g/mol. The van der Waals surface area contributed by atoms with Crippen LogP contribution in [0, 0.1) is 18.6 Å². The quantitative estimate of drug-likeness (QED) is 0.922. The maximum absolute atomic E-state index is 13.8. The second-order valence-corrected chi connectivity index (χ2v) is 6.00. The van der Waals surface area contributed by atoms with Crippen LogP contribution in [0.3, 0.4) is 0 Å². The zero-order valence-electron chi connectivity index (χ0n) is 14.1. The smallest absolute Gasteiger partial charge is 0.272 e. The average molecular weight is 347 g/mol. The third-order valence-electron chi connectivity index (χ3n) is 4.06. The number of para-hydroxylation sites is 1. The van der Waals surface area contributed by atoms with Crippen LogP contribution in [0.2, 0.25) is 0 Å². The fourth-order valence-corrected chi connectivity index (χ4v) is 2.66. The van der Waals surface area contributed by atoms with Gasteiger partial charge in [-0.15, -0.1) is 0 Å². The molecule has 0 atom stereocenters. The lowest BCUT2D eigenvalue weighted by Gasteiger charge is -2.32. The minimum atomic E-state index is -0.733. The van der Waals surface area contributed by atoms with E-state index in [1.165, 1.54) is 12.1 Å². The molecule has 1 fully saturated rings. The fraction of sp³-hybridized carbons (Fsp3) is 0.353. The van der Waals surface area contributed by atoms with Crippen molar-refractivity contribution in [1.29, 1.82) is 0 Å². The molecule has 25 heavy (non-hydrogen) atoms. The Hall–Kier alpha value is -2.61. The van der Waals surface area contributed by atoms with E-state index in [0.717, 1.165) is 25.2 Å². The molecule has 0 spiro atoms. The molecular formula is C17H19F2N5O. The van der Waals surface area contributed by atoms with Gasteiger partial charge in [0.25, 0.3) is 5.91 Å². The number of piperazine rings is 1. The summed E-state index contributed by atoms with van der Waals surface area (Å²) in [5.74, 6) is -1.16. The number of halogens is 2. The molecule has 132 valence electrons. The third kappa shape index (κ3) is 3.90. The summed E-state index contributed by atoms with van der Waals surface area (Å²) in [4.78, 5) is 24.8. The van der Waals surface area contributed by atoms with Crippen molar-refractivity contribution in [1.82, 2.24) is 19.8 Å². The van der Waals surface area contributed by atoms with E-state index >= 15 is 0 Å². The van der Waals surface area contributed by atoms with Gasteiger partial charge < -0.3 is 15.1 Å². The highest BCUT2D eigenvalue weighted by atomic mass is 19.1. The van der Waals surface area contributed by atoms with Gasteiger partial charge in [-0.1, -0.05) is 6.07 Å². The minimum Gasteiger partial charge on any atom is -0.335 e. The molecule has 0 radical (unpaired) electrons. The molecule has 3 rings (SSSR count). The van der Waals surface area contributed by atoms with Crippen LogP contribution >= 0.6 is 0 Å². The van der Waals surface area contributed by atoms with Crippen LogP contribution in [-0.4, -0.2) is 58.9 Å². The fourth-order valence-electron chi connectivity index (χ4n) is 2.66. The van der Waals surface area contributed by atoms with E-state index in [0.29, 0.717) is 18.9 Å². The molecule has 1 amide bonds. The van der Waals surface area contributed by atoms with Crippen molar-refractivity contribution in [2.75, 3.05) is 38.5 Å². The summed E-state index contributed by atoms with van der Waals surface area (Å²) < 4.78 is 27.6. The van der Waals surface area contributed by atoms with Crippen molar-refractivity contribution in [3.8, 4) is 0 Å². The largest absolute Gasteiger partial charge is 0.335 e. The van der Waals surface area contributed by atoms with Crippen LogP contribution in [0.25, 0.3) is 0 Å². The number of benzene rings is 1. The number of aryl methyl sites for hydroxylation is 1. The van der Waals surface area contributed by atoms with Gasteiger partial charge in [0.05, 0.1) is 0 Å². The molecule has 2 aromatic rings. The molecule has 8 heteroatoms. The first-order valence-corrected chi connectivity index (χ1v) is 7.98. The van der Waals surface area contributed by atoms with Crippen molar-refractivity contribution >= 4 is 17.4 Å². The maximum atomic E-state index is 13.8. The summed E-state index contributed by atoms with van der Waals surface area (Å²) in [6.45, 7) is 4.44. The number of carbonyl (C=O) groups is 1. The van der Waals surface area contributed by atoms with E-state index in [4.69, 9.17) is 0 Å². The van der Waals surface area contributed by atoms with Gasteiger partial charge in [0, 0.05) is 32.2 Å². The molecule has 6 nitrogen and oxygen atoms in total. The highest BCUT2D eigenvalue weighted by Crippen LogP contribution is 2.22. The summed E-state index contributed by atoms with van der Waals surface area (Å²) in [5.41, 5.74) is -0.102. The molecular weight excluding hydrogens is 328 g/mol. The predicted molar refractivity (Wildman–Crippen MR) is 89.8 cm³/mol. The van der Waals surface area contributed by atoms with Crippen molar-refractivity contribution in [2.24, 2.45) is 0 Å². The molecule has 0 aliphatic carbocycles. The SMILES string of the molecule is Cc1nc(Nc2c(F)cccc2F)cc(C(=O)N2CCN(C)CC2)n1. The first-order valence-electron chi connectivity index (χ1n) is 7.98. The molecule has 0 unspecified atom stereocenters. The van der Waals surface area contributed by atoms with E-state index < -0.39 is 11.6 Å². The van der Waals surface area contributed by atoms with Crippen LogP contribution in [0.5, 0.6) is 0 Å². The van der Waals surface area contributed by atoms with Gasteiger partial charge >= 0.3 is 0 Å². The van der Waals surface area contributed by atoms with Gasteiger partial charge in [0.1, 0.15) is 34.7 Å². The molecule has 1 aliphatic heterocycles. The molecule has 1 aliphatic rings. The molecule has 0 saturated carbocycles. The summed E-state index contributed by atoms with van der Waals surface area (Å²) in [6.07, 6.45) is 0. The first-order chi connectivity index (χ1) is 11.9. The Morgan fingerprint density at radius 1 is 1.12 bits per heavy atom. The summed E-state index contributed by atoms with van der Waals surface area (Å²) in [5, 5.41) is 2.61. The molecule has 1 saturated heterocycles. The van der Waals surface area contributed by atoms with E-state index in [1.807, 2.05) is 7.05 Å². The number of rotatable bonds is 3. The summed E-state index contributed by atoms with van der Waals surface area (Å²) in [6, 6.07) is 4.99. The van der Waals surface area contributed by atoms with Gasteiger partial charge in [0.15, 0.2) is 0 Å². The van der Waals surface area contributed by atoms with Crippen molar-refractivity contribution in [2.45, 2.75) is 6.92 Å². The Morgan fingerprint density at radius 3 is 2.40 bits per heavy atom. The number of anilines is 2. The zero-order chi connectivity index (χ0) is 18.0. The second kappa shape index (κ2) is 7.10. The summed E-state index contributed by atoms with van der Waals surface area (Å²) >= 11 is 0. The zero-order valence-corrected chi connectivity index (χ0v) is 14.1. The number of nitrogens with one attached hydrogen (secondary N) is 1. The predicted octanol–water partition coefficient (Wildman–Crippen LogP) is 2.19. The van der Waals surface area contributed by atoms with Crippen LogP contribution in [0.4, 0.5) is 20.3 Å². The third-order valence-corrected chi connectivity index (χ3v) is 4.06. The van der Waals surface area contributed by atoms with Crippen LogP contribution < -0.4 is 5.32 Å². The Morgan fingerprint density at radius 2 is 1.76 bits per heavy atom. The lowest BCUT2D eigenvalue weighted by atomic mass is 10.2. The Kier molecular flexibility index (Phi) is 4.89. The molecule has 0 bridgehead atoms. The average Bonchev–Trinajstić information content (AvgIpc) is 2.58. The van der Waals surface area contributed by atoms with E-state index in [1.54, 1.807) is 11.8 Å². The van der Waals surface area contributed by atoms with Crippen LogP contribution in [-0.2, 0) is 0 Å². The van der Waals surface area contributed by atoms with Gasteiger partial charge in [0.2, 0.25) is 0 Å². The lowest BCUT2D eigenvalue weighted by Crippen LogP contribution is -2.47. The van der Waals surface area contributed by atoms with Crippen molar-refractivity contribution < 1.29 is 13.6 Å².